The first-order valence-electron chi connectivity index (χ1n) is 10.8. The third-order valence-electron chi connectivity index (χ3n) is 6.01. The van der Waals surface area contributed by atoms with Gasteiger partial charge in [0.2, 0.25) is 5.91 Å². The highest BCUT2D eigenvalue weighted by atomic mass is 16.7. The maximum atomic E-state index is 13.7. The van der Waals surface area contributed by atoms with Gasteiger partial charge in [-0.15, -0.1) is 0 Å². The Morgan fingerprint density at radius 2 is 1.47 bits per heavy atom. The number of anilines is 1. The number of cyclic esters (lactones) is 1. The lowest BCUT2D eigenvalue weighted by Crippen LogP contribution is -2.45. The zero-order valence-electron chi connectivity index (χ0n) is 17.5. The minimum atomic E-state index is -0.582. The third kappa shape index (κ3) is 3.85. The van der Waals surface area contributed by atoms with E-state index in [1.54, 1.807) is 5.06 Å². The van der Waals surface area contributed by atoms with Gasteiger partial charge in [-0.1, -0.05) is 78.9 Å². The van der Waals surface area contributed by atoms with Crippen LogP contribution in [0.2, 0.25) is 0 Å². The molecule has 0 N–H and O–H groups in total. The van der Waals surface area contributed by atoms with Crippen LogP contribution in [0.1, 0.15) is 17.2 Å². The van der Waals surface area contributed by atoms with Crippen molar-refractivity contribution in [1.82, 2.24) is 4.90 Å². The summed E-state index contributed by atoms with van der Waals surface area (Å²) in [7, 11) is 0. The fraction of sp³-hybridized carbons (Fsp3) is 0.231. The number of imide groups is 1. The maximum Gasteiger partial charge on any atom is 0.416 e. The number of carbonyl (C=O) groups is 2. The molecule has 2 fully saturated rings. The molecule has 2 aliphatic rings. The van der Waals surface area contributed by atoms with E-state index < -0.39 is 12.0 Å². The van der Waals surface area contributed by atoms with Crippen molar-refractivity contribution in [2.75, 3.05) is 18.3 Å². The van der Waals surface area contributed by atoms with E-state index in [1.165, 1.54) is 4.90 Å². The Balaban J connectivity index is 1.45. The Hall–Kier alpha value is -3.64. The number of ether oxygens (including phenoxy) is 1. The van der Waals surface area contributed by atoms with Gasteiger partial charge in [0.25, 0.3) is 0 Å². The molecule has 3 aromatic carbocycles. The molecule has 0 aromatic heterocycles. The molecule has 3 aromatic rings. The predicted octanol–water partition coefficient (Wildman–Crippen LogP) is 4.39. The highest BCUT2D eigenvalue weighted by molar-refractivity contribution is 5.95. The summed E-state index contributed by atoms with van der Waals surface area (Å²) < 4.78 is 5.30. The highest BCUT2D eigenvalue weighted by Gasteiger charge is 2.48. The molecule has 3 atom stereocenters. The molecule has 2 heterocycles. The summed E-state index contributed by atoms with van der Waals surface area (Å²) in [5.41, 5.74) is 2.88. The molecule has 6 heteroatoms. The minimum Gasteiger partial charge on any atom is -0.447 e. The smallest absolute Gasteiger partial charge is 0.416 e. The van der Waals surface area contributed by atoms with Crippen LogP contribution in [0.25, 0.3) is 0 Å². The van der Waals surface area contributed by atoms with Crippen LogP contribution < -0.4 is 5.06 Å². The van der Waals surface area contributed by atoms with Gasteiger partial charge >= 0.3 is 6.09 Å². The summed E-state index contributed by atoms with van der Waals surface area (Å²) in [6.07, 6.45) is -0.0227. The first-order chi connectivity index (χ1) is 15.7. The Bertz CT molecular complexity index is 1070. The number of hydroxylamine groups is 1. The molecule has 0 saturated carbocycles. The Kier molecular flexibility index (Phi) is 5.60. The summed E-state index contributed by atoms with van der Waals surface area (Å²) in [6, 6.07) is 28.7. The van der Waals surface area contributed by atoms with E-state index in [2.05, 4.69) is 0 Å². The normalized spacial score (nSPS) is 22.8. The summed E-state index contributed by atoms with van der Waals surface area (Å²) in [6.45, 7) is 0.389. The average molecular weight is 428 g/mol. The first kappa shape index (κ1) is 20.3. The van der Waals surface area contributed by atoms with Crippen LogP contribution in [-0.2, 0) is 20.8 Å². The van der Waals surface area contributed by atoms with E-state index in [1.807, 2.05) is 91.0 Å². The Morgan fingerprint density at radius 3 is 2.16 bits per heavy atom. The summed E-state index contributed by atoms with van der Waals surface area (Å²) >= 11 is 0. The van der Waals surface area contributed by atoms with Crippen LogP contribution in [0.5, 0.6) is 0 Å². The quantitative estimate of drug-likeness (QED) is 0.603. The summed E-state index contributed by atoms with van der Waals surface area (Å²) in [4.78, 5) is 33.7. The second-order valence-electron chi connectivity index (χ2n) is 8.05. The van der Waals surface area contributed by atoms with Crippen LogP contribution in [0, 0.1) is 5.92 Å². The topological polar surface area (TPSA) is 59.1 Å². The number of hydrogen-bond acceptors (Lipinski definition) is 5. The number of para-hydroxylation sites is 1. The molecule has 0 bridgehead atoms. The zero-order chi connectivity index (χ0) is 21.9. The van der Waals surface area contributed by atoms with Crippen LogP contribution in [0.3, 0.4) is 0 Å². The van der Waals surface area contributed by atoms with Gasteiger partial charge in [0.15, 0.2) is 0 Å². The van der Waals surface area contributed by atoms with Crippen molar-refractivity contribution in [3.63, 3.8) is 0 Å². The van der Waals surface area contributed by atoms with Gasteiger partial charge in [0.1, 0.15) is 6.61 Å². The van der Waals surface area contributed by atoms with Crippen molar-refractivity contribution in [1.29, 1.82) is 0 Å². The molecule has 6 nitrogen and oxygen atoms in total. The Morgan fingerprint density at radius 1 is 0.844 bits per heavy atom. The number of rotatable bonds is 5. The van der Waals surface area contributed by atoms with E-state index in [4.69, 9.17) is 9.57 Å². The number of hydrogen-bond donors (Lipinski definition) is 0. The van der Waals surface area contributed by atoms with E-state index in [0.29, 0.717) is 6.42 Å². The molecule has 32 heavy (non-hydrogen) atoms. The second-order valence-corrected chi connectivity index (χ2v) is 8.05. The van der Waals surface area contributed by atoms with Crippen LogP contribution in [0.4, 0.5) is 10.5 Å². The van der Waals surface area contributed by atoms with E-state index in [9.17, 15) is 9.59 Å². The van der Waals surface area contributed by atoms with Gasteiger partial charge in [0, 0.05) is 0 Å². The van der Waals surface area contributed by atoms with Gasteiger partial charge in [0.05, 0.1) is 30.3 Å². The number of nitrogens with zero attached hydrogens (tertiary/aromatic N) is 2. The minimum absolute atomic E-state index is 0.190. The standard InChI is InChI=1S/C26H24N2O4/c29-25(27-22(17-31-26(27)30)16-19-10-4-1-5-11-19)23-18-32-28(21-14-8-3-9-15-21)24(23)20-12-6-2-7-13-20/h1-15,22-24H,16-18H2/t22-,23+,24-/m0/s1. The number of amides is 2. The van der Waals surface area contributed by atoms with Crippen molar-refractivity contribution in [3.05, 3.63) is 102 Å². The molecule has 0 radical (unpaired) electrons. The van der Waals surface area contributed by atoms with Gasteiger partial charge < -0.3 is 4.74 Å². The molecule has 2 saturated heterocycles. The molecule has 0 aliphatic carbocycles. The summed E-state index contributed by atoms with van der Waals surface area (Å²) in [5.74, 6) is -0.803. The van der Waals surface area contributed by atoms with Crippen LogP contribution >= 0.6 is 0 Å². The van der Waals surface area contributed by atoms with Crippen molar-refractivity contribution >= 4 is 17.7 Å². The van der Waals surface area contributed by atoms with E-state index in [-0.39, 0.29) is 31.2 Å². The largest absolute Gasteiger partial charge is 0.447 e. The second kappa shape index (κ2) is 8.85. The van der Waals surface area contributed by atoms with E-state index in [0.717, 1.165) is 16.8 Å². The SMILES string of the molecule is O=C1OC[C@H](Cc2ccccc2)N1C(=O)[C@@H]1CON(c2ccccc2)[C@H]1c1ccccc1. The highest BCUT2D eigenvalue weighted by Crippen LogP contribution is 2.40. The van der Waals surface area contributed by atoms with Crippen molar-refractivity contribution < 1.29 is 19.2 Å². The Labute approximate surface area is 186 Å². The zero-order valence-corrected chi connectivity index (χ0v) is 17.5. The number of benzene rings is 3. The fourth-order valence-electron chi connectivity index (χ4n) is 4.48. The van der Waals surface area contributed by atoms with Gasteiger partial charge in [-0.25, -0.2) is 14.8 Å². The molecule has 2 amide bonds. The predicted molar refractivity (Wildman–Crippen MR) is 120 cm³/mol. The molecule has 2 aliphatic heterocycles. The van der Waals surface area contributed by atoms with Gasteiger partial charge in [-0.2, -0.15) is 0 Å². The lowest BCUT2D eigenvalue weighted by atomic mass is 9.92. The lowest BCUT2D eigenvalue weighted by Gasteiger charge is -2.29. The van der Waals surface area contributed by atoms with Crippen molar-refractivity contribution in [3.8, 4) is 0 Å². The maximum absolute atomic E-state index is 13.7. The van der Waals surface area contributed by atoms with Crippen LogP contribution in [-0.4, -0.2) is 36.2 Å². The van der Waals surface area contributed by atoms with Gasteiger partial charge in [-0.3, -0.25) is 9.63 Å². The van der Waals surface area contributed by atoms with Crippen molar-refractivity contribution in [2.24, 2.45) is 5.92 Å². The lowest BCUT2D eigenvalue weighted by molar-refractivity contribution is -0.133. The third-order valence-corrected chi connectivity index (χ3v) is 6.01. The summed E-state index contributed by atoms with van der Waals surface area (Å²) in [5, 5.41) is 1.78. The number of carbonyl (C=O) groups excluding carboxylic acids is 2. The monoisotopic (exact) mass is 428 g/mol. The molecular formula is C26H24N2O4. The van der Waals surface area contributed by atoms with E-state index >= 15 is 0 Å². The molecule has 0 spiro atoms. The molecule has 162 valence electrons. The molecule has 5 rings (SSSR count). The first-order valence-corrected chi connectivity index (χ1v) is 10.8. The van der Waals surface area contributed by atoms with Crippen molar-refractivity contribution in [2.45, 2.75) is 18.5 Å². The van der Waals surface area contributed by atoms with Crippen LogP contribution in [0.15, 0.2) is 91.0 Å². The van der Waals surface area contributed by atoms with Gasteiger partial charge in [-0.05, 0) is 29.7 Å². The fourth-order valence-corrected chi connectivity index (χ4v) is 4.48. The molecule has 0 unspecified atom stereocenters. The average Bonchev–Trinajstić information content (AvgIpc) is 3.44. The molecular weight excluding hydrogens is 404 g/mol.